The van der Waals surface area contributed by atoms with E-state index in [9.17, 15) is 14.3 Å². The maximum Gasteiger partial charge on any atom is 0.325 e. The van der Waals surface area contributed by atoms with Crippen molar-refractivity contribution in [1.82, 2.24) is 19.7 Å². The number of carbonyl (C=O) groups is 1. The van der Waals surface area contributed by atoms with Crippen molar-refractivity contribution in [2.45, 2.75) is 57.6 Å². The molecular formula is C27H34FN5O3. The van der Waals surface area contributed by atoms with Crippen molar-refractivity contribution in [3.8, 4) is 0 Å². The van der Waals surface area contributed by atoms with Crippen LogP contribution in [0.15, 0.2) is 24.3 Å². The summed E-state index contributed by atoms with van der Waals surface area (Å²) in [5, 5.41) is 18.4. The van der Waals surface area contributed by atoms with E-state index in [0.717, 1.165) is 50.2 Å². The monoisotopic (exact) mass is 495 g/mol. The Morgan fingerprint density at radius 2 is 2.11 bits per heavy atom. The number of likely N-dealkylation sites (tertiary alicyclic amines) is 1. The lowest BCUT2D eigenvalue weighted by Crippen LogP contribution is -2.55. The molecule has 0 amide bonds. The Hall–Kier alpha value is -3.04. The molecule has 36 heavy (non-hydrogen) atoms. The Balaban J connectivity index is 1.08. The summed E-state index contributed by atoms with van der Waals surface area (Å²) >= 11 is 0. The summed E-state index contributed by atoms with van der Waals surface area (Å²) < 4.78 is 21.9. The summed E-state index contributed by atoms with van der Waals surface area (Å²) in [5.41, 5.74) is 4.20. The number of ether oxygens (including phenoxy) is 1. The SMILES string of the molecule is Cc1nn(C)c2cc(F)cc(C(C(=O)O)N3CC(OCCCCCc4ccc5c(n4)NCCC5)C3)c12. The summed E-state index contributed by atoms with van der Waals surface area (Å²) in [5.74, 6) is -0.398. The standard InChI is InChI=1S/C27H34FN5O3/c1-17-24-22(13-19(28)14-23(24)32(2)31-17)25(27(34)35)33-15-21(16-33)36-12-5-3-4-8-20-10-9-18-7-6-11-29-26(18)30-20/h9-10,13-14,21,25H,3-8,11-12,15-16H2,1-2H3,(H,29,30)(H,34,35). The van der Waals surface area contributed by atoms with Crippen LogP contribution < -0.4 is 5.32 Å². The lowest BCUT2D eigenvalue weighted by molar-refractivity contribution is -0.150. The summed E-state index contributed by atoms with van der Waals surface area (Å²) in [6.45, 7) is 4.51. The summed E-state index contributed by atoms with van der Waals surface area (Å²) in [6.07, 6.45) is 6.31. The van der Waals surface area contributed by atoms with Crippen LogP contribution in [0.5, 0.6) is 0 Å². The number of benzene rings is 1. The van der Waals surface area contributed by atoms with E-state index in [1.54, 1.807) is 11.7 Å². The maximum atomic E-state index is 14.3. The first kappa shape index (κ1) is 24.6. The summed E-state index contributed by atoms with van der Waals surface area (Å²) in [7, 11) is 1.74. The Kier molecular flexibility index (Phi) is 7.20. The van der Waals surface area contributed by atoms with Gasteiger partial charge >= 0.3 is 5.97 Å². The zero-order chi connectivity index (χ0) is 25.2. The molecular weight excluding hydrogens is 461 g/mol. The largest absolute Gasteiger partial charge is 0.480 e. The summed E-state index contributed by atoms with van der Waals surface area (Å²) in [6, 6.07) is 6.15. The highest BCUT2D eigenvalue weighted by Gasteiger charge is 2.39. The third kappa shape index (κ3) is 5.08. The number of aryl methyl sites for hydroxylation is 4. The second kappa shape index (κ2) is 10.5. The molecule has 1 unspecified atom stereocenters. The van der Waals surface area contributed by atoms with Gasteiger partial charge in [0.2, 0.25) is 0 Å². The number of anilines is 1. The number of fused-ring (bicyclic) bond motifs is 2. The third-order valence-electron chi connectivity index (χ3n) is 7.28. The second-order valence-electron chi connectivity index (χ2n) is 9.94. The van der Waals surface area contributed by atoms with Crippen LogP contribution in [0.25, 0.3) is 10.9 Å². The van der Waals surface area contributed by atoms with E-state index in [4.69, 9.17) is 9.72 Å². The number of unbranched alkanes of at least 4 members (excludes halogenated alkanes) is 2. The van der Waals surface area contributed by atoms with Crippen molar-refractivity contribution < 1.29 is 19.0 Å². The molecule has 1 atom stereocenters. The molecule has 8 nitrogen and oxygen atoms in total. The fraction of sp³-hybridized carbons (Fsp3) is 0.519. The fourth-order valence-corrected chi connectivity index (χ4v) is 5.42. The van der Waals surface area contributed by atoms with Crippen LogP contribution in [-0.2, 0) is 29.4 Å². The Bertz CT molecular complexity index is 1250. The van der Waals surface area contributed by atoms with Crippen LogP contribution in [0, 0.1) is 12.7 Å². The normalized spacial score (nSPS) is 17.0. The smallest absolute Gasteiger partial charge is 0.325 e. The van der Waals surface area contributed by atoms with Gasteiger partial charge in [0.05, 0.1) is 17.3 Å². The minimum atomic E-state index is -0.991. The highest BCUT2D eigenvalue weighted by Crippen LogP contribution is 2.34. The maximum absolute atomic E-state index is 14.3. The van der Waals surface area contributed by atoms with Crippen LogP contribution in [0.2, 0.25) is 0 Å². The molecule has 2 aromatic heterocycles. The molecule has 0 spiro atoms. The van der Waals surface area contributed by atoms with Crippen LogP contribution in [0.4, 0.5) is 10.2 Å². The molecule has 2 aliphatic heterocycles. The van der Waals surface area contributed by atoms with Crippen molar-refractivity contribution in [2.75, 3.05) is 31.6 Å². The molecule has 0 radical (unpaired) electrons. The lowest BCUT2D eigenvalue weighted by Gasteiger charge is -2.42. The van der Waals surface area contributed by atoms with E-state index in [-0.39, 0.29) is 6.10 Å². The Labute approximate surface area is 210 Å². The molecule has 0 aliphatic carbocycles. The molecule has 192 valence electrons. The van der Waals surface area contributed by atoms with Crippen molar-refractivity contribution in [3.63, 3.8) is 0 Å². The van der Waals surface area contributed by atoms with Crippen molar-refractivity contribution in [3.05, 3.63) is 52.6 Å². The zero-order valence-electron chi connectivity index (χ0n) is 21.0. The number of halogens is 1. The molecule has 5 rings (SSSR count). The van der Waals surface area contributed by atoms with Gasteiger partial charge in [-0.05, 0) is 68.4 Å². The minimum absolute atomic E-state index is 0.000665. The van der Waals surface area contributed by atoms with E-state index in [1.807, 2.05) is 11.8 Å². The van der Waals surface area contributed by atoms with Gasteiger partial charge in [0.1, 0.15) is 17.7 Å². The molecule has 3 aromatic rings. The molecule has 1 fully saturated rings. The minimum Gasteiger partial charge on any atom is -0.480 e. The number of nitrogens with one attached hydrogen (secondary N) is 1. The Morgan fingerprint density at radius 3 is 2.92 bits per heavy atom. The second-order valence-corrected chi connectivity index (χ2v) is 9.94. The number of carboxylic acids is 1. The van der Waals surface area contributed by atoms with E-state index < -0.39 is 17.8 Å². The van der Waals surface area contributed by atoms with Gasteiger partial charge in [-0.1, -0.05) is 12.5 Å². The average Bonchev–Trinajstić information content (AvgIpc) is 3.11. The zero-order valence-corrected chi connectivity index (χ0v) is 21.0. The van der Waals surface area contributed by atoms with Crippen molar-refractivity contribution in [1.29, 1.82) is 0 Å². The van der Waals surface area contributed by atoms with Crippen LogP contribution >= 0.6 is 0 Å². The van der Waals surface area contributed by atoms with Gasteiger partial charge in [-0.15, -0.1) is 0 Å². The summed E-state index contributed by atoms with van der Waals surface area (Å²) in [4.78, 5) is 18.8. The Morgan fingerprint density at radius 1 is 1.28 bits per heavy atom. The number of nitrogens with zero attached hydrogens (tertiary/aromatic N) is 4. The van der Waals surface area contributed by atoms with Gasteiger partial charge in [-0.3, -0.25) is 14.4 Å². The first-order valence-electron chi connectivity index (χ1n) is 12.8. The molecule has 0 saturated carbocycles. The molecule has 4 heterocycles. The number of aromatic nitrogens is 3. The quantitative estimate of drug-likeness (QED) is 0.411. The molecule has 2 N–H and O–H groups in total. The van der Waals surface area contributed by atoms with Crippen molar-refractivity contribution >= 4 is 22.7 Å². The van der Waals surface area contributed by atoms with Crippen LogP contribution in [0.3, 0.4) is 0 Å². The first-order chi connectivity index (χ1) is 17.4. The topological polar surface area (TPSA) is 92.5 Å². The molecule has 0 bridgehead atoms. The number of aliphatic carboxylic acids is 1. The number of hydrogen-bond acceptors (Lipinski definition) is 6. The molecule has 1 saturated heterocycles. The van der Waals surface area contributed by atoms with E-state index >= 15 is 0 Å². The van der Waals surface area contributed by atoms with Crippen LogP contribution in [-0.4, -0.2) is 63.1 Å². The highest BCUT2D eigenvalue weighted by atomic mass is 19.1. The lowest BCUT2D eigenvalue weighted by atomic mass is 9.96. The number of rotatable bonds is 10. The average molecular weight is 496 g/mol. The third-order valence-corrected chi connectivity index (χ3v) is 7.28. The molecule has 1 aromatic carbocycles. The van der Waals surface area contributed by atoms with Gasteiger partial charge in [0.25, 0.3) is 0 Å². The highest BCUT2D eigenvalue weighted by molar-refractivity contribution is 5.90. The number of carboxylic acid groups (broad SMARTS) is 1. The predicted octanol–water partition coefficient (Wildman–Crippen LogP) is 4.01. The molecule has 2 aliphatic rings. The van der Waals surface area contributed by atoms with Crippen LogP contribution in [0.1, 0.15) is 54.2 Å². The van der Waals surface area contributed by atoms with E-state index in [0.29, 0.717) is 41.9 Å². The van der Waals surface area contributed by atoms with E-state index in [1.165, 1.54) is 24.1 Å². The van der Waals surface area contributed by atoms with E-state index in [2.05, 4.69) is 22.5 Å². The fourth-order valence-electron chi connectivity index (χ4n) is 5.42. The first-order valence-corrected chi connectivity index (χ1v) is 12.8. The van der Waals surface area contributed by atoms with Gasteiger partial charge < -0.3 is 15.2 Å². The van der Waals surface area contributed by atoms with Gasteiger partial charge in [0, 0.05) is 44.4 Å². The number of hydrogen-bond donors (Lipinski definition) is 2. The van der Waals surface area contributed by atoms with Gasteiger partial charge in [-0.25, -0.2) is 9.37 Å². The van der Waals surface area contributed by atoms with Crippen molar-refractivity contribution in [2.24, 2.45) is 7.05 Å². The van der Waals surface area contributed by atoms with Gasteiger partial charge in [0.15, 0.2) is 0 Å². The number of pyridine rings is 1. The van der Waals surface area contributed by atoms with Gasteiger partial charge in [-0.2, -0.15) is 5.10 Å². The molecule has 9 heteroatoms. The predicted molar refractivity (Wildman–Crippen MR) is 136 cm³/mol.